The Hall–Kier alpha value is -1.03. The summed E-state index contributed by atoms with van der Waals surface area (Å²) >= 11 is 0. The second kappa shape index (κ2) is 11.0. The summed E-state index contributed by atoms with van der Waals surface area (Å²) in [6, 6.07) is 2.17. The number of nitrogens with zero attached hydrogens (tertiary/aromatic N) is 1. The first-order valence-corrected chi connectivity index (χ1v) is 5.99. The molecular weight excluding hydrogens is 182 g/mol. The zero-order valence-electron chi connectivity index (χ0n) is 9.91. The average Bonchev–Trinajstić information content (AvgIpc) is 2.25. The van der Waals surface area contributed by atoms with Gasteiger partial charge in [-0.15, -0.1) is 6.58 Å². The average molecular weight is 205 g/mol. The van der Waals surface area contributed by atoms with Crippen molar-refractivity contribution in [2.45, 2.75) is 51.9 Å². The molecule has 0 aliphatic carbocycles. The van der Waals surface area contributed by atoms with Crippen molar-refractivity contribution in [3.8, 4) is 6.07 Å². The third-order valence-corrected chi connectivity index (χ3v) is 2.47. The van der Waals surface area contributed by atoms with Crippen molar-refractivity contribution < 1.29 is 0 Å². The number of hydrogen-bond acceptors (Lipinski definition) is 1. The van der Waals surface area contributed by atoms with Crippen LogP contribution in [0.15, 0.2) is 24.8 Å². The summed E-state index contributed by atoms with van der Waals surface area (Å²) in [6.07, 6.45) is 14.1. The molecule has 15 heavy (non-hydrogen) atoms. The molecule has 1 heteroatoms. The molecule has 0 aliphatic rings. The third kappa shape index (κ3) is 9.28. The maximum Gasteiger partial charge on any atom is 0.0621 e. The van der Waals surface area contributed by atoms with Crippen LogP contribution < -0.4 is 0 Å². The summed E-state index contributed by atoms with van der Waals surface area (Å²) in [7, 11) is 0. The van der Waals surface area contributed by atoms with Gasteiger partial charge in [-0.25, -0.2) is 0 Å². The predicted molar refractivity (Wildman–Crippen MR) is 66.4 cm³/mol. The lowest BCUT2D eigenvalue weighted by atomic mass is 9.97. The Morgan fingerprint density at radius 3 is 2.80 bits per heavy atom. The highest BCUT2D eigenvalue weighted by molar-refractivity contribution is 4.92. The Kier molecular flexibility index (Phi) is 10.3. The monoisotopic (exact) mass is 205 g/mol. The molecule has 1 unspecified atom stereocenters. The fourth-order valence-electron chi connectivity index (χ4n) is 1.56. The third-order valence-electron chi connectivity index (χ3n) is 2.47. The van der Waals surface area contributed by atoms with Gasteiger partial charge in [0.1, 0.15) is 0 Å². The van der Waals surface area contributed by atoms with Crippen LogP contribution in [-0.4, -0.2) is 0 Å². The summed E-state index contributed by atoms with van der Waals surface area (Å²) in [5.41, 5.74) is 0. The molecule has 0 aromatic heterocycles. The Bertz CT molecular complexity index is 210. The van der Waals surface area contributed by atoms with E-state index in [1.807, 2.05) is 6.08 Å². The van der Waals surface area contributed by atoms with Gasteiger partial charge in [-0.05, 0) is 31.6 Å². The maximum absolute atomic E-state index is 8.39. The minimum absolute atomic E-state index is 0.657. The van der Waals surface area contributed by atoms with Gasteiger partial charge in [-0.1, -0.05) is 38.0 Å². The first kappa shape index (κ1) is 14.0. The molecular formula is C14H23N. The zero-order valence-corrected chi connectivity index (χ0v) is 9.91. The molecule has 0 amide bonds. The fourth-order valence-corrected chi connectivity index (χ4v) is 1.56. The van der Waals surface area contributed by atoms with Gasteiger partial charge in [0, 0.05) is 6.42 Å². The summed E-state index contributed by atoms with van der Waals surface area (Å²) < 4.78 is 0. The minimum Gasteiger partial charge on any atom is -0.198 e. The predicted octanol–water partition coefficient (Wildman–Crippen LogP) is 4.62. The summed E-state index contributed by atoms with van der Waals surface area (Å²) in [5.74, 6) is 0.657. The SMILES string of the molecule is C=CCC(/C=C/CCCC#N)CCCC. The van der Waals surface area contributed by atoms with E-state index < -0.39 is 0 Å². The molecule has 84 valence electrons. The molecule has 0 N–H and O–H groups in total. The van der Waals surface area contributed by atoms with Crippen LogP contribution in [0.5, 0.6) is 0 Å². The molecule has 0 aromatic carbocycles. The Labute approximate surface area is 94.5 Å². The van der Waals surface area contributed by atoms with E-state index in [0.29, 0.717) is 12.3 Å². The summed E-state index contributed by atoms with van der Waals surface area (Å²) in [6.45, 7) is 6.01. The lowest BCUT2D eigenvalue weighted by molar-refractivity contribution is 0.559. The van der Waals surface area contributed by atoms with Crippen LogP contribution in [0.3, 0.4) is 0 Å². The number of allylic oxidation sites excluding steroid dienone is 3. The van der Waals surface area contributed by atoms with Gasteiger partial charge in [0.05, 0.1) is 6.07 Å². The van der Waals surface area contributed by atoms with E-state index in [1.54, 1.807) is 0 Å². The molecule has 0 aliphatic heterocycles. The molecule has 0 fully saturated rings. The van der Waals surface area contributed by atoms with E-state index in [0.717, 1.165) is 19.3 Å². The topological polar surface area (TPSA) is 23.8 Å². The van der Waals surface area contributed by atoms with E-state index in [1.165, 1.54) is 19.3 Å². The van der Waals surface area contributed by atoms with Crippen LogP contribution in [0.4, 0.5) is 0 Å². The van der Waals surface area contributed by atoms with Crippen LogP contribution in [0, 0.1) is 17.2 Å². The molecule has 0 aromatic rings. The van der Waals surface area contributed by atoms with Crippen molar-refractivity contribution in [3.05, 3.63) is 24.8 Å². The Balaban J connectivity index is 3.72. The largest absolute Gasteiger partial charge is 0.198 e. The van der Waals surface area contributed by atoms with Crippen LogP contribution in [-0.2, 0) is 0 Å². The van der Waals surface area contributed by atoms with Crippen molar-refractivity contribution in [2.75, 3.05) is 0 Å². The maximum atomic E-state index is 8.39. The van der Waals surface area contributed by atoms with Crippen molar-refractivity contribution in [2.24, 2.45) is 5.92 Å². The number of hydrogen-bond donors (Lipinski definition) is 0. The van der Waals surface area contributed by atoms with Crippen LogP contribution in [0.2, 0.25) is 0 Å². The molecule has 1 atom stereocenters. The van der Waals surface area contributed by atoms with E-state index in [4.69, 9.17) is 5.26 Å². The summed E-state index contributed by atoms with van der Waals surface area (Å²) in [4.78, 5) is 0. The van der Waals surface area contributed by atoms with Crippen LogP contribution in [0.1, 0.15) is 51.9 Å². The molecule has 0 heterocycles. The molecule has 1 nitrogen and oxygen atoms in total. The van der Waals surface area contributed by atoms with Crippen molar-refractivity contribution >= 4 is 0 Å². The number of unbranched alkanes of at least 4 members (excludes halogenated alkanes) is 3. The highest BCUT2D eigenvalue weighted by Gasteiger charge is 2.00. The van der Waals surface area contributed by atoms with Gasteiger partial charge in [-0.2, -0.15) is 5.26 Å². The Morgan fingerprint density at radius 2 is 2.20 bits per heavy atom. The van der Waals surface area contributed by atoms with E-state index in [-0.39, 0.29) is 0 Å². The van der Waals surface area contributed by atoms with Gasteiger partial charge < -0.3 is 0 Å². The van der Waals surface area contributed by atoms with Crippen molar-refractivity contribution in [1.82, 2.24) is 0 Å². The van der Waals surface area contributed by atoms with Crippen molar-refractivity contribution in [1.29, 1.82) is 5.26 Å². The van der Waals surface area contributed by atoms with Gasteiger partial charge in [-0.3, -0.25) is 0 Å². The quantitative estimate of drug-likeness (QED) is 0.398. The second-order valence-corrected chi connectivity index (χ2v) is 3.91. The zero-order chi connectivity index (χ0) is 11.4. The first-order valence-electron chi connectivity index (χ1n) is 5.99. The minimum atomic E-state index is 0.657. The summed E-state index contributed by atoms with van der Waals surface area (Å²) in [5, 5.41) is 8.39. The molecule has 0 saturated heterocycles. The highest BCUT2D eigenvalue weighted by Crippen LogP contribution is 2.15. The molecule has 0 radical (unpaired) electrons. The molecule has 0 bridgehead atoms. The number of nitriles is 1. The van der Waals surface area contributed by atoms with E-state index in [9.17, 15) is 0 Å². The lowest BCUT2D eigenvalue weighted by Crippen LogP contribution is -1.94. The molecule has 0 saturated carbocycles. The number of rotatable bonds is 9. The van der Waals surface area contributed by atoms with Crippen molar-refractivity contribution in [3.63, 3.8) is 0 Å². The van der Waals surface area contributed by atoms with Gasteiger partial charge in [0.25, 0.3) is 0 Å². The highest BCUT2D eigenvalue weighted by atomic mass is 14.2. The molecule has 0 spiro atoms. The first-order chi connectivity index (χ1) is 7.35. The fraction of sp³-hybridized carbons (Fsp3) is 0.643. The van der Waals surface area contributed by atoms with Crippen LogP contribution >= 0.6 is 0 Å². The molecule has 0 rings (SSSR count). The van der Waals surface area contributed by atoms with Gasteiger partial charge >= 0.3 is 0 Å². The standard InChI is InChI=1S/C14H23N/c1-3-5-11-14(10-4-2)12-8-6-7-9-13-15/h4,8,12,14H,2-3,5-7,9-11H2,1H3/b12-8+. The second-order valence-electron chi connectivity index (χ2n) is 3.91. The smallest absolute Gasteiger partial charge is 0.0621 e. The van der Waals surface area contributed by atoms with Gasteiger partial charge in [0.2, 0.25) is 0 Å². The van der Waals surface area contributed by atoms with E-state index in [2.05, 4.69) is 31.7 Å². The lowest BCUT2D eigenvalue weighted by Gasteiger charge is -2.08. The normalized spacial score (nSPS) is 12.5. The Morgan fingerprint density at radius 1 is 1.40 bits per heavy atom. The van der Waals surface area contributed by atoms with E-state index >= 15 is 0 Å². The van der Waals surface area contributed by atoms with Gasteiger partial charge in [0.15, 0.2) is 0 Å². The van der Waals surface area contributed by atoms with Crippen LogP contribution in [0.25, 0.3) is 0 Å².